The Hall–Kier alpha value is -0.0400. The van der Waals surface area contributed by atoms with Crippen LogP contribution in [-0.2, 0) is 4.74 Å². The molecule has 0 aromatic rings. The van der Waals surface area contributed by atoms with Crippen molar-refractivity contribution in [2.24, 2.45) is 23.2 Å². The molecule has 1 heteroatoms. The van der Waals surface area contributed by atoms with Crippen molar-refractivity contribution in [1.29, 1.82) is 0 Å². The molecule has 0 aromatic carbocycles. The highest BCUT2D eigenvalue weighted by molar-refractivity contribution is 4.97. The second-order valence-electron chi connectivity index (χ2n) is 6.67. The quantitative estimate of drug-likeness (QED) is 0.624. The first kappa shape index (κ1) is 12.0. The van der Waals surface area contributed by atoms with E-state index in [1.54, 1.807) is 0 Å². The third-order valence-electron chi connectivity index (χ3n) is 3.61. The standard InChI is InChI=1S/C13H26O/c1-9(2)10-8-14-13(6,7)11(10)12(3,4)5/h9-11H,8H2,1-7H3/t10-,11-/m1/s1. The lowest BCUT2D eigenvalue weighted by Crippen LogP contribution is -2.40. The number of ether oxygens (including phenoxy) is 1. The fourth-order valence-corrected chi connectivity index (χ4v) is 3.27. The van der Waals surface area contributed by atoms with Gasteiger partial charge in [0, 0.05) is 0 Å². The Morgan fingerprint density at radius 2 is 1.71 bits per heavy atom. The van der Waals surface area contributed by atoms with E-state index >= 15 is 0 Å². The fraction of sp³-hybridized carbons (Fsp3) is 1.00. The second-order valence-corrected chi connectivity index (χ2v) is 6.67. The topological polar surface area (TPSA) is 9.23 Å². The van der Waals surface area contributed by atoms with Gasteiger partial charge in [-0.1, -0.05) is 34.6 Å². The molecular weight excluding hydrogens is 172 g/mol. The van der Waals surface area contributed by atoms with Crippen molar-refractivity contribution < 1.29 is 4.74 Å². The Bertz CT molecular complexity index is 198. The Morgan fingerprint density at radius 1 is 1.21 bits per heavy atom. The first-order valence-electron chi connectivity index (χ1n) is 5.80. The average molecular weight is 198 g/mol. The van der Waals surface area contributed by atoms with Gasteiger partial charge in [-0.25, -0.2) is 0 Å². The fourth-order valence-electron chi connectivity index (χ4n) is 3.27. The molecule has 2 atom stereocenters. The van der Waals surface area contributed by atoms with Crippen LogP contribution in [0.15, 0.2) is 0 Å². The summed E-state index contributed by atoms with van der Waals surface area (Å²) in [7, 11) is 0. The Kier molecular flexibility index (Phi) is 3.02. The molecule has 1 rings (SSSR count). The summed E-state index contributed by atoms with van der Waals surface area (Å²) in [4.78, 5) is 0. The van der Waals surface area contributed by atoms with Gasteiger partial charge in [-0.2, -0.15) is 0 Å². The summed E-state index contributed by atoms with van der Waals surface area (Å²) >= 11 is 0. The molecule has 14 heavy (non-hydrogen) atoms. The van der Waals surface area contributed by atoms with Crippen LogP contribution < -0.4 is 0 Å². The number of hydrogen-bond donors (Lipinski definition) is 0. The lowest BCUT2D eigenvalue weighted by Gasteiger charge is -2.40. The van der Waals surface area contributed by atoms with Gasteiger partial charge < -0.3 is 4.74 Å². The SMILES string of the molecule is CC(C)[C@H]1COC(C)(C)[C@H]1C(C)(C)C. The lowest BCUT2D eigenvalue weighted by molar-refractivity contribution is -0.0201. The van der Waals surface area contributed by atoms with E-state index in [0.717, 1.165) is 12.5 Å². The molecule has 0 aliphatic carbocycles. The van der Waals surface area contributed by atoms with Gasteiger partial charge in [0.1, 0.15) is 0 Å². The molecule has 84 valence electrons. The zero-order valence-electron chi connectivity index (χ0n) is 10.8. The maximum absolute atomic E-state index is 5.95. The molecule has 1 nitrogen and oxygen atoms in total. The van der Waals surface area contributed by atoms with E-state index in [2.05, 4.69) is 48.5 Å². The molecule has 1 heterocycles. The van der Waals surface area contributed by atoms with E-state index in [4.69, 9.17) is 4.74 Å². The molecule has 0 spiro atoms. The normalized spacial score (nSPS) is 32.6. The van der Waals surface area contributed by atoms with Crippen LogP contribution >= 0.6 is 0 Å². The predicted octanol–water partition coefficient (Wildman–Crippen LogP) is 3.73. The van der Waals surface area contributed by atoms with Gasteiger partial charge in [-0.05, 0) is 37.0 Å². The summed E-state index contributed by atoms with van der Waals surface area (Å²) in [6, 6.07) is 0. The minimum absolute atomic E-state index is 0.0488. The van der Waals surface area contributed by atoms with Crippen molar-refractivity contribution in [3.63, 3.8) is 0 Å². The first-order chi connectivity index (χ1) is 6.16. The summed E-state index contributed by atoms with van der Waals surface area (Å²) in [5.74, 6) is 2.10. The molecule has 0 saturated carbocycles. The molecule has 0 radical (unpaired) electrons. The van der Waals surface area contributed by atoms with Gasteiger partial charge in [0.15, 0.2) is 0 Å². The van der Waals surface area contributed by atoms with Crippen molar-refractivity contribution in [2.75, 3.05) is 6.61 Å². The van der Waals surface area contributed by atoms with Gasteiger partial charge >= 0.3 is 0 Å². The summed E-state index contributed by atoms with van der Waals surface area (Å²) in [5.41, 5.74) is 0.391. The highest BCUT2D eigenvalue weighted by Gasteiger charge is 2.49. The van der Waals surface area contributed by atoms with Crippen molar-refractivity contribution in [2.45, 2.75) is 54.1 Å². The molecule has 0 bridgehead atoms. The summed E-state index contributed by atoms with van der Waals surface area (Å²) < 4.78 is 5.95. The molecule has 1 saturated heterocycles. The van der Waals surface area contributed by atoms with Crippen LogP contribution in [0.2, 0.25) is 0 Å². The number of rotatable bonds is 1. The van der Waals surface area contributed by atoms with E-state index in [1.807, 2.05) is 0 Å². The Labute approximate surface area is 89.2 Å². The molecule has 0 unspecified atom stereocenters. The van der Waals surface area contributed by atoms with Gasteiger partial charge in [-0.3, -0.25) is 0 Å². The third-order valence-corrected chi connectivity index (χ3v) is 3.61. The Balaban J connectivity index is 2.93. The van der Waals surface area contributed by atoms with Crippen LogP contribution in [0.4, 0.5) is 0 Å². The van der Waals surface area contributed by atoms with E-state index in [9.17, 15) is 0 Å². The first-order valence-corrected chi connectivity index (χ1v) is 5.80. The predicted molar refractivity (Wildman–Crippen MR) is 61.3 cm³/mol. The second kappa shape index (κ2) is 3.52. The smallest absolute Gasteiger partial charge is 0.0663 e. The van der Waals surface area contributed by atoms with Gasteiger partial charge in [0.05, 0.1) is 12.2 Å². The van der Waals surface area contributed by atoms with E-state index in [-0.39, 0.29) is 5.60 Å². The van der Waals surface area contributed by atoms with Gasteiger partial charge in [0.25, 0.3) is 0 Å². The monoisotopic (exact) mass is 198 g/mol. The van der Waals surface area contributed by atoms with E-state index in [1.165, 1.54) is 0 Å². The zero-order valence-corrected chi connectivity index (χ0v) is 10.8. The molecule has 0 N–H and O–H groups in total. The van der Waals surface area contributed by atoms with Crippen molar-refractivity contribution in [3.05, 3.63) is 0 Å². The van der Waals surface area contributed by atoms with Crippen LogP contribution in [0, 0.1) is 23.2 Å². The molecule has 0 aromatic heterocycles. The molecule has 1 fully saturated rings. The number of hydrogen-bond acceptors (Lipinski definition) is 1. The molecular formula is C13H26O. The summed E-state index contributed by atoms with van der Waals surface area (Å²) in [5, 5.41) is 0. The minimum Gasteiger partial charge on any atom is -0.375 e. The molecule has 0 amide bonds. The largest absolute Gasteiger partial charge is 0.375 e. The lowest BCUT2D eigenvalue weighted by atomic mass is 9.65. The highest BCUT2D eigenvalue weighted by atomic mass is 16.5. The van der Waals surface area contributed by atoms with Crippen LogP contribution in [0.5, 0.6) is 0 Å². The highest BCUT2D eigenvalue weighted by Crippen LogP contribution is 2.49. The summed E-state index contributed by atoms with van der Waals surface area (Å²) in [6.45, 7) is 17.1. The Morgan fingerprint density at radius 3 is 2.00 bits per heavy atom. The van der Waals surface area contributed by atoms with Crippen molar-refractivity contribution >= 4 is 0 Å². The van der Waals surface area contributed by atoms with Gasteiger partial charge in [-0.15, -0.1) is 0 Å². The van der Waals surface area contributed by atoms with E-state index in [0.29, 0.717) is 17.3 Å². The van der Waals surface area contributed by atoms with Gasteiger partial charge in [0.2, 0.25) is 0 Å². The zero-order chi connectivity index (χ0) is 11.1. The average Bonchev–Trinajstić information content (AvgIpc) is 2.23. The van der Waals surface area contributed by atoms with Crippen LogP contribution in [0.3, 0.4) is 0 Å². The van der Waals surface area contributed by atoms with Crippen molar-refractivity contribution in [1.82, 2.24) is 0 Å². The minimum atomic E-state index is 0.0488. The molecule has 1 aliphatic heterocycles. The summed E-state index contributed by atoms with van der Waals surface area (Å²) in [6.07, 6.45) is 0. The van der Waals surface area contributed by atoms with Crippen LogP contribution in [-0.4, -0.2) is 12.2 Å². The van der Waals surface area contributed by atoms with Crippen molar-refractivity contribution in [3.8, 4) is 0 Å². The third kappa shape index (κ3) is 2.13. The van der Waals surface area contributed by atoms with E-state index < -0.39 is 0 Å². The maximum atomic E-state index is 5.95. The van der Waals surface area contributed by atoms with Crippen LogP contribution in [0.1, 0.15) is 48.5 Å². The maximum Gasteiger partial charge on any atom is 0.0663 e. The molecule has 1 aliphatic rings. The van der Waals surface area contributed by atoms with Crippen LogP contribution in [0.25, 0.3) is 0 Å².